The molecule has 0 aromatic heterocycles. The molecule has 112 valence electrons. The highest BCUT2D eigenvalue weighted by Crippen LogP contribution is 2.39. The Labute approximate surface area is 120 Å². The molecule has 0 radical (unpaired) electrons. The molecular formula is C15H24N2O3. The summed E-state index contributed by atoms with van der Waals surface area (Å²) in [6, 6.07) is 3.88. The Kier molecular flexibility index (Phi) is 5.35. The Morgan fingerprint density at radius 3 is 2.35 bits per heavy atom. The molecule has 1 aliphatic heterocycles. The van der Waals surface area contributed by atoms with Gasteiger partial charge in [0.1, 0.15) is 0 Å². The Morgan fingerprint density at radius 2 is 1.85 bits per heavy atom. The van der Waals surface area contributed by atoms with Gasteiger partial charge in [-0.2, -0.15) is 0 Å². The fraction of sp³-hybridized carbons (Fsp3) is 0.600. The molecule has 0 bridgehead atoms. The van der Waals surface area contributed by atoms with Crippen LogP contribution >= 0.6 is 0 Å². The van der Waals surface area contributed by atoms with Crippen molar-refractivity contribution in [1.29, 1.82) is 0 Å². The average molecular weight is 280 g/mol. The molecule has 1 aromatic rings. The van der Waals surface area contributed by atoms with E-state index in [-0.39, 0.29) is 0 Å². The lowest BCUT2D eigenvalue weighted by Crippen LogP contribution is -2.33. The Hall–Kier alpha value is -1.62. The van der Waals surface area contributed by atoms with E-state index in [4.69, 9.17) is 14.2 Å². The van der Waals surface area contributed by atoms with Crippen LogP contribution in [-0.2, 0) is 0 Å². The maximum atomic E-state index is 5.35. The lowest BCUT2D eigenvalue weighted by molar-refractivity contribution is 0.324. The standard InChI is InChI=1S/C15H24N2O3/c1-18-13-7-12(8-14(19-2)15(13)20-3)17-10-11-5-4-6-16-9-11/h7-8,11,16-17H,4-6,9-10H2,1-3H3. The van der Waals surface area contributed by atoms with Crippen LogP contribution in [-0.4, -0.2) is 41.0 Å². The number of ether oxygens (including phenoxy) is 3. The highest BCUT2D eigenvalue weighted by atomic mass is 16.5. The van der Waals surface area contributed by atoms with Crippen molar-refractivity contribution in [2.45, 2.75) is 12.8 Å². The Morgan fingerprint density at radius 1 is 1.15 bits per heavy atom. The van der Waals surface area contributed by atoms with Gasteiger partial charge in [-0.05, 0) is 31.8 Å². The van der Waals surface area contributed by atoms with Gasteiger partial charge in [0.2, 0.25) is 5.75 Å². The highest BCUT2D eigenvalue weighted by molar-refractivity contribution is 5.62. The molecule has 1 unspecified atom stereocenters. The molecule has 1 heterocycles. The van der Waals surface area contributed by atoms with Gasteiger partial charge in [0, 0.05) is 24.4 Å². The summed E-state index contributed by atoms with van der Waals surface area (Å²) in [6.45, 7) is 3.17. The predicted octanol–water partition coefficient (Wildman–Crippen LogP) is 2.12. The van der Waals surface area contributed by atoms with Crippen molar-refractivity contribution in [3.8, 4) is 17.2 Å². The number of benzene rings is 1. The minimum Gasteiger partial charge on any atom is -0.493 e. The molecule has 1 aromatic carbocycles. The van der Waals surface area contributed by atoms with Crippen molar-refractivity contribution < 1.29 is 14.2 Å². The summed E-state index contributed by atoms with van der Waals surface area (Å²) in [5, 5.41) is 6.88. The van der Waals surface area contributed by atoms with Gasteiger partial charge in [-0.15, -0.1) is 0 Å². The molecule has 2 N–H and O–H groups in total. The van der Waals surface area contributed by atoms with E-state index in [1.807, 2.05) is 12.1 Å². The zero-order valence-corrected chi connectivity index (χ0v) is 12.5. The molecule has 0 spiro atoms. The average Bonchev–Trinajstić information content (AvgIpc) is 2.52. The van der Waals surface area contributed by atoms with E-state index < -0.39 is 0 Å². The number of hydrogen-bond acceptors (Lipinski definition) is 5. The van der Waals surface area contributed by atoms with E-state index in [2.05, 4.69) is 10.6 Å². The van der Waals surface area contributed by atoms with Crippen LogP contribution in [0.4, 0.5) is 5.69 Å². The molecule has 1 fully saturated rings. The van der Waals surface area contributed by atoms with Crippen LogP contribution in [0.25, 0.3) is 0 Å². The van der Waals surface area contributed by atoms with Gasteiger partial charge < -0.3 is 24.8 Å². The second-order valence-corrected chi connectivity index (χ2v) is 5.01. The minimum atomic E-state index is 0.625. The Bertz CT molecular complexity index is 406. The highest BCUT2D eigenvalue weighted by Gasteiger charge is 2.15. The van der Waals surface area contributed by atoms with Crippen LogP contribution in [0.3, 0.4) is 0 Å². The van der Waals surface area contributed by atoms with Crippen molar-refractivity contribution in [2.24, 2.45) is 5.92 Å². The summed E-state index contributed by atoms with van der Waals surface area (Å²) in [4.78, 5) is 0. The smallest absolute Gasteiger partial charge is 0.203 e. The molecule has 20 heavy (non-hydrogen) atoms. The first-order chi connectivity index (χ1) is 9.78. The molecule has 0 amide bonds. The molecule has 0 aliphatic carbocycles. The van der Waals surface area contributed by atoms with Gasteiger partial charge in [0.25, 0.3) is 0 Å². The molecule has 1 saturated heterocycles. The molecule has 5 nitrogen and oxygen atoms in total. The van der Waals surface area contributed by atoms with Crippen LogP contribution in [0.15, 0.2) is 12.1 Å². The van der Waals surface area contributed by atoms with Crippen LogP contribution in [0, 0.1) is 5.92 Å². The van der Waals surface area contributed by atoms with E-state index >= 15 is 0 Å². The summed E-state index contributed by atoms with van der Waals surface area (Å²) < 4.78 is 16.0. The van der Waals surface area contributed by atoms with Crippen molar-refractivity contribution in [3.63, 3.8) is 0 Å². The van der Waals surface area contributed by atoms with Crippen molar-refractivity contribution in [3.05, 3.63) is 12.1 Å². The van der Waals surface area contributed by atoms with E-state index in [1.165, 1.54) is 12.8 Å². The summed E-state index contributed by atoms with van der Waals surface area (Å²) in [5.74, 6) is 2.65. The third-order valence-electron chi connectivity index (χ3n) is 3.66. The van der Waals surface area contributed by atoms with E-state index in [0.717, 1.165) is 25.3 Å². The number of piperidine rings is 1. The molecule has 0 saturated carbocycles. The van der Waals surface area contributed by atoms with Crippen molar-refractivity contribution >= 4 is 5.69 Å². The van der Waals surface area contributed by atoms with Crippen LogP contribution in [0.5, 0.6) is 17.2 Å². The number of nitrogens with one attached hydrogen (secondary N) is 2. The van der Waals surface area contributed by atoms with Gasteiger partial charge in [-0.1, -0.05) is 0 Å². The number of hydrogen-bond donors (Lipinski definition) is 2. The van der Waals surface area contributed by atoms with Crippen molar-refractivity contribution in [1.82, 2.24) is 5.32 Å². The first-order valence-electron chi connectivity index (χ1n) is 7.03. The van der Waals surface area contributed by atoms with E-state index in [0.29, 0.717) is 23.2 Å². The second-order valence-electron chi connectivity index (χ2n) is 5.01. The lowest BCUT2D eigenvalue weighted by atomic mass is 10.00. The SMILES string of the molecule is COc1cc(NCC2CCCNC2)cc(OC)c1OC. The van der Waals surface area contributed by atoms with E-state index in [9.17, 15) is 0 Å². The number of rotatable bonds is 6. The lowest BCUT2D eigenvalue weighted by Gasteiger charge is -2.23. The van der Waals surface area contributed by atoms with Gasteiger partial charge in [-0.3, -0.25) is 0 Å². The predicted molar refractivity (Wildman–Crippen MR) is 80.2 cm³/mol. The molecule has 1 atom stereocenters. The van der Waals surface area contributed by atoms with E-state index in [1.54, 1.807) is 21.3 Å². The largest absolute Gasteiger partial charge is 0.493 e. The molecule has 5 heteroatoms. The van der Waals surface area contributed by atoms with Crippen LogP contribution in [0.1, 0.15) is 12.8 Å². The monoisotopic (exact) mass is 280 g/mol. The topological polar surface area (TPSA) is 51.8 Å². The molecule has 2 rings (SSSR count). The maximum absolute atomic E-state index is 5.35. The first-order valence-corrected chi connectivity index (χ1v) is 7.03. The molecule has 1 aliphatic rings. The normalized spacial score (nSPS) is 18.4. The van der Waals surface area contributed by atoms with Crippen LogP contribution in [0.2, 0.25) is 0 Å². The van der Waals surface area contributed by atoms with Gasteiger partial charge in [0.05, 0.1) is 21.3 Å². The summed E-state index contributed by atoms with van der Waals surface area (Å²) in [7, 11) is 4.87. The maximum Gasteiger partial charge on any atom is 0.203 e. The van der Waals surface area contributed by atoms with Gasteiger partial charge in [0.15, 0.2) is 11.5 Å². The summed E-state index contributed by atoms with van der Waals surface area (Å²) in [6.07, 6.45) is 2.52. The third-order valence-corrected chi connectivity index (χ3v) is 3.66. The fourth-order valence-electron chi connectivity index (χ4n) is 2.54. The first kappa shape index (κ1) is 14.8. The summed E-state index contributed by atoms with van der Waals surface area (Å²) in [5.41, 5.74) is 0.991. The van der Waals surface area contributed by atoms with Gasteiger partial charge >= 0.3 is 0 Å². The number of methoxy groups -OCH3 is 3. The second kappa shape index (κ2) is 7.24. The van der Waals surface area contributed by atoms with Crippen LogP contribution < -0.4 is 24.8 Å². The third kappa shape index (κ3) is 3.48. The number of anilines is 1. The van der Waals surface area contributed by atoms with Gasteiger partial charge in [-0.25, -0.2) is 0 Å². The Balaban J connectivity index is 2.06. The minimum absolute atomic E-state index is 0.625. The fourth-order valence-corrected chi connectivity index (χ4v) is 2.54. The zero-order chi connectivity index (χ0) is 14.4. The zero-order valence-electron chi connectivity index (χ0n) is 12.5. The van der Waals surface area contributed by atoms with Crippen molar-refractivity contribution in [2.75, 3.05) is 46.3 Å². The molecular weight excluding hydrogens is 256 g/mol. The quantitative estimate of drug-likeness (QED) is 0.836. The summed E-state index contributed by atoms with van der Waals surface area (Å²) >= 11 is 0.